The largest absolute Gasteiger partial charge is 0.351 e. The van der Waals surface area contributed by atoms with E-state index in [1.54, 1.807) is 19.2 Å². The van der Waals surface area contributed by atoms with Crippen LogP contribution in [0.5, 0.6) is 0 Å². The number of hydrogen-bond donors (Lipinski definition) is 1. The van der Waals surface area contributed by atoms with Crippen LogP contribution in [0.15, 0.2) is 35.1 Å². The molecule has 1 aliphatic rings. The van der Waals surface area contributed by atoms with Gasteiger partial charge < -0.3 is 9.84 Å². The second-order valence-corrected chi connectivity index (χ2v) is 5.80. The van der Waals surface area contributed by atoms with Gasteiger partial charge in [-0.2, -0.15) is 0 Å². The van der Waals surface area contributed by atoms with Crippen LogP contribution in [0, 0.1) is 12.8 Å². The first-order chi connectivity index (χ1) is 10.6. The van der Waals surface area contributed by atoms with Gasteiger partial charge >= 0.3 is 0 Å². The maximum Gasteiger partial charge on any atom is 0.289 e. The van der Waals surface area contributed by atoms with E-state index in [9.17, 15) is 4.79 Å². The Bertz CT molecular complexity index is 641. The topological polar surface area (TPSA) is 71.3 Å². The van der Waals surface area contributed by atoms with Crippen LogP contribution in [-0.2, 0) is 0 Å². The van der Waals surface area contributed by atoms with Crippen LogP contribution < -0.4 is 5.32 Å². The van der Waals surface area contributed by atoms with Gasteiger partial charge in [0.25, 0.3) is 5.91 Å². The highest BCUT2D eigenvalue weighted by Crippen LogP contribution is 2.35. The Morgan fingerprint density at radius 2 is 2.41 bits per heavy atom. The summed E-state index contributed by atoms with van der Waals surface area (Å²) in [6.45, 7) is 3.43. The fourth-order valence-corrected chi connectivity index (χ4v) is 3.10. The van der Waals surface area contributed by atoms with Crippen molar-refractivity contribution < 1.29 is 9.32 Å². The average Bonchev–Trinajstić information content (AvgIpc) is 3.12. The Hall–Kier alpha value is -2.21. The van der Waals surface area contributed by atoms with Crippen LogP contribution in [0.2, 0.25) is 0 Å². The van der Waals surface area contributed by atoms with Gasteiger partial charge in [0.1, 0.15) is 0 Å². The fourth-order valence-electron chi connectivity index (χ4n) is 3.10. The molecule has 1 amide bonds. The molecule has 0 aliphatic carbocycles. The summed E-state index contributed by atoms with van der Waals surface area (Å²) in [5.41, 5.74) is 1.90. The third kappa shape index (κ3) is 3.01. The van der Waals surface area contributed by atoms with Crippen molar-refractivity contribution in [3.8, 4) is 0 Å². The molecule has 1 aliphatic heterocycles. The molecule has 2 aromatic rings. The SMILES string of the molecule is Cc1cc(C(=O)NC[C@@H]2CCN(C)[C@H]2c2cccnc2)on1. The fraction of sp³-hybridized carbons (Fsp3) is 0.438. The van der Waals surface area contributed by atoms with Gasteiger partial charge in [0.2, 0.25) is 5.76 Å². The van der Waals surface area contributed by atoms with Gasteiger partial charge in [-0.3, -0.25) is 14.7 Å². The first kappa shape index (κ1) is 14.7. The summed E-state index contributed by atoms with van der Waals surface area (Å²) in [6.07, 6.45) is 4.73. The normalized spacial score (nSPS) is 21.9. The van der Waals surface area contributed by atoms with Crippen LogP contribution in [-0.4, -0.2) is 41.1 Å². The molecule has 2 atom stereocenters. The van der Waals surface area contributed by atoms with E-state index in [4.69, 9.17) is 4.52 Å². The molecule has 0 bridgehead atoms. The molecule has 22 heavy (non-hydrogen) atoms. The van der Waals surface area contributed by atoms with Crippen molar-refractivity contribution in [1.82, 2.24) is 20.4 Å². The van der Waals surface area contributed by atoms with Gasteiger partial charge in [-0.25, -0.2) is 0 Å². The molecule has 0 radical (unpaired) electrons. The maximum absolute atomic E-state index is 12.1. The Labute approximate surface area is 129 Å². The quantitative estimate of drug-likeness (QED) is 0.932. The minimum atomic E-state index is -0.208. The summed E-state index contributed by atoms with van der Waals surface area (Å²) >= 11 is 0. The number of aryl methyl sites for hydroxylation is 1. The van der Waals surface area contributed by atoms with Gasteiger partial charge in [0.15, 0.2) is 0 Å². The molecular weight excluding hydrogens is 280 g/mol. The number of hydrogen-bond acceptors (Lipinski definition) is 5. The summed E-state index contributed by atoms with van der Waals surface area (Å²) in [5, 5.41) is 6.69. The van der Waals surface area contributed by atoms with E-state index in [-0.39, 0.29) is 17.7 Å². The number of nitrogens with zero attached hydrogens (tertiary/aromatic N) is 3. The highest BCUT2D eigenvalue weighted by atomic mass is 16.5. The minimum absolute atomic E-state index is 0.208. The number of rotatable bonds is 4. The summed E-state index contributed by atoms with van der Waals surface area (Å²) in [7, 11) is 2.11. The van der Waals surface area contributed by atoms with Crippen molar-refractivity contribution in [2.45, 2.75) is 19.4 Å². The lowest BCUT2D eigenvalue weighted by Gasteiger charge is -2.25. The zero-order chi connectivity index (χ0) is 15.5. The van der Waals surface area contributed by atoms with Crippen LogP contribution in [0.25, 0.3) is 0 Å². The van der Waals surface area contributed by atoms with Gasteiger partial charge in [0.05, 0.1) is 5.69 Å². The van der Waals surface area contributed by atoms with Gasteiger partial charge in [-0.1, -0.05) is 11.2 Å². The van der Waals surface area contributed by atoms with Gasteiger partial charge in [0, 0.05) is 31.0 Å². The summed E-state index contributed by atoms with van der Waals surface area (Å²) in [6, 6.07) is 5.97. The van der Waals surface area contributed by atoms with Crippen molar-refractivity contribution in [3.63, 3.8) is 0 Å². The number of carbonyl (C=O) groups excluding carboxylic acids is 1. The molecule has 0 saturated carbocycles. The smallest absolute Gasteiger partial charge is 0.289 e. The lowest BCUT2D eigenvalue weighted by Crippen LogP contribution is -2.32. The number of pyridine rings is 1. The van der Waals surface area contributed by atoms with Crippen molar-refractivity contribution in [2.24, 2.45) is 5.92 Å². The third-order valence-electron chi connectivity index (χ3n) is 4.18. The van der Waals surface area contributed by atoms with Crippen LogP contribution in [0.4, 0.5) is 0 Å². The van der Waals surface area contributed by atoms with E-state index in [1.807, 2.05) is 12.3 Å². The number of nitrogens with one attached hydrogen (secondary N) is 1. The number of aromatic nitrogens is 2. The highest BCUT2D eigenvalue weighted by molar-refractivity contribution is 5.91. The van der Waals surface area contributed by atoms with E-state index < -0.39 is 0 Å². The first-order valence-corrected chi connectivity index (χ1v) is 7.47. The predicted octanol–water partition coefficient (Wildman–Crippen LogP) is 1.80. The first-order valence-electron chi connectivity index (χ1n) is 7.47. The lowest BCUT2D eigenvalue weighted by atomic mass is 9.95. The molecule has 1 fully saturated rings. The average molecular weight is 300 g/mol. The number of amides is 1. The molecular formula is C16H20N4O2. The second-order valence-electron chi connectivity index (χ2n) is 5.80. The Balaban J connectivity index is 1.65. The highest BCUT2D eigenvalue weighted by Gasteiger charge is 2.33. The van der Waals surface area contributed by atoms with E-state index in [0.717, 1.165) is 13.0 Å². The molecule has 116 valence electrons. The molecule has 0 unspecified atom stereocenters. The summed E-state index contributed by atoms with van der Waals surface area (Å²) in [4.78, 5) is 18.6. The molecule has 6 heteroatoms. The van der Waals surface area contributed by atoms with Gasteiger partial charge in [-0.15, -0.1) is 0 Å². The molecule has 6 nitrogen and oxygen atoms in total. The number of likely N-dealkylation sites (tertiary alicyclic amines) is 1. The van der Waals surface area contributed by atoms with Crippen LogP contribution >= 0.6 is 0 Å². The van der Waals surface area contributed by atoms with Crippen molar-refractivity contribution in [2.75, 3.05) is 20.1 Å². The van der Waals surface area contributed by atoms with Crippen molar-refractivity contribution in [3.05, 3.63) is 47.6 Å². The molecule has 1 N–H and O–H groups in total. The standard InChI is InChI=1S/C16H20N4O2/c1-11-8-14(22-19-11)16(21)18-10-13-5-7-20(2)15(13)12-4-3-6-17-9-12/h3-4,6,8-9,13,15H,5,7,10H2,1-2H3,(H,18,21)/t13-,15-/m0/s1. The van der Waals surface area contributed by atoms with E-state index in [1.165, 1.54) is 5.56 Å². The third-order valence-corrected chi connectivity index (χ3v) is 4.18. The van der Waals surface area contributed by atoms with Gasteiger partial charge in [-0.05, 0) is 44.5 Å². The molecule has 0 aromatic carbocycles. The molecule has 2 aromatic heterocycles. The molecule has 0 spiro atoms. The van der Waals surface area contributed by atoms with E-state index in [2.05, 4.69) is 33.5 Å². The maximum atomic E-state index is 12.1. The summed E-state index contributed by atoms with van der Waals surface area (Å²) in [5.74, 6) is 0.420. The van der Waals surface area contributed by atoms with E-state index in [0.29, 0.717) is 18.2 Å². The second kappa shape index (κ2) is 6.27. The van der Waals surface area contributed by atoms with Crippen LogP contribution in [0.3, 0.4) is 0 Å². The molecule has 3 rings (SSSR count). The van der Waals surface area contributed by atoms with E-state index >= 15 is 0 Å². The van der Waals surface area contributed by atoms with Crippen molar-refractivity contribution >= 4 is 5.91 Å². The molecule has 3 heterocycles. The number of carbonyl (C=O) groups is 1. The Kier molecular flexibility index (Phi) is 4.20. The monoisotopic (exact) mass is 300 g/mol. The zero-order valence-electron chi connectivity index (χ0n) is 12.8. The van der Waals surface area contributed by atoms with Crippen molar-refractivity contribution in [1.29, 1.82) is 0 Å². The Morgan fingerprint density at radius 3 is 3.09 bits per heavy atom. The Morgan fingerprint density at radius 1 is 1.55 bits per heavy atom. The minimum Gasteiger partial charge on any atom is -0.351 e. The van der Waals surface area contributed by atoms with Crippen LogP contribution in [0.1, 0.15) is 34.3 Å². The lowest BCUT2D eigenvalue weighted by molar-refractivity contribution is 0.0906. The predicted molar refractivity (Wildman–Crippen MR) is 81.3 cm³/mol. The molecule has 1 saturated heterocycles. The summed E-state index contributed by atoms with van der Waals surface area (Å²) < 4.78 is 4.99. The zero-order valence-corrected chi connectivity index (χ0v) is 12.8.